The Morgan fingerprint density at radius 3 is 2.71 bits per heavy atom. The van der Waals surface area contributed by atoms with Gasteiger partial charge < -0.3 is 19.8 Å². The van der Waals surface area contributed by atoms with Gasteiger partial charge in [-0.1, -0.05) is 30.3 Å². The average molecular weight is 283 g/mol. The number of nitrogens with zero attached hydrogens (tertiary/aromatic N) is 1. The fourth-order valence-corrected chi connectivity index (χ4v) is 2.26. The maximum Gasteiger partial charge on any atom is 0.133 e. The number of rotatable bonds is 6. The van der Waals surface area contributed by atoms with E-state index >= 15 is 0 Å². The first kappa shape index (κ1) is 13.6. The lowest BCUT2D eigenvalue weighted by Gasteiger charge is -2.19. The number of aromatic amines is 1. The van der Waals surface area contributed by atoms with Crippen molar-refractivity contribution in [3.05, 3.63) is 78.3 Å². The van der Waals surface area contributed by atoms with Gasteiger partial charge in [0.1, 0.15) is 17.7 Å². The Morgan fingerprint density at radius 1 is 1.19 bits per heavy atom. The second-order valence-corrected chi connectivity index (χ2v) is 4.76. The van der Waals surface area contributed by atoms with Crippen molar-refractivity contribution in [1.82, 2.24) is 15.3 Å². The van der Waals surface area contributed by atoms with Crippen LogP contribution in [0.5, 0.6) is 0 Å². The van der Waals surface area contributed by atoms with E-state index in [-0.39, 0.29) is 6.04 Å². The second kappa shape index (κ2) is 6.39. The number of aliphatic hydroxyl groups is 1. The summed E-state index contributed by atoms with van der Waals surface area (Å²) < 4.78 is 5.21. The third kappa shape index (κ3) is 3.21. The van der Waals surface area contributed by atoms with E-state index in [9.17, 15) is 5.11 Å². The molecule has 3 aromatic rings. The first-order valence-electron chi connectivity index (χ1n) is 6.83. The number of aliphatic hydroxyl groups excluding tert-OH is 1. The Hall–Kier alpha value is -2.37. The van der Waals surface area contributed by atoms with Crippen LogP contribution in [0.2, 0.25) is 0 Å². The van der Waals surface area contributed by atoms with Gasteiger partial charge in [0.15, 0.2) is 0 Å². The van der Waals surface area contributed by atoms with Crippen molar-refractivity contribution < 1.29 is 9.52 Å². The van der Waals surface area contributed by atoms with Crippen LogP contribution in [0.4, 0.5) is 0 Å². The number of nitrogens with one attached hydrogen (secondary N) is 2. The molecule has 0 aliphatic rings. The lowest BCUT2D eigenvalue weighted by Crippen LogP contribution is -2.28. The molecule has 2 atom stereocenters. The van der Waals surface area contributed by atoms with E-state index in [1.165, 1.54) is 0 Å². The highest BCUT2D eigenvalue weighted by atomic mass is 16.4. The van der Waals surface area contributed by atoms with E-state index in [0.29, 0.717) is 12.3 Å². The quantitative estimate of drug-likeness (QED) is 0.649. The monoisotopic (exact) mass is 283 g/mol. The summed E-state index contributed by atoms with van der Waals surface area (Å²) in [6.45, 7) is 0.369. The minimum atomic E-state index is -0.693. The summed E-state index contributed by atoms with van der Waals surface area (Å²) in [5.41, 5.74) is 1.08. The van der Waals surface area contributed by atoms with Crippen molar-refractivity contribution in [2.24, 2.45) is 0 Å². The first-order chi connectivity index (χ1) is 10.3. The summed E-state index contributed by atoms with van der Waals surface area (Å²) in [4.78, 5) is 7.43. The number of benzene rings is 1. The van der Waals surface area contributed by atoms with Crippen LogP contribution in [0.15, 0.2) is 65.5 Å². The molecule has 0 radical (unpaired) electrons. The molecule has 0 amide bonds. The predicted octanol–water partition coefficient (Wildman–Crippen LogP) is 2.42. The largest absolute Gasteiger partial charge is 0.467 e. The first-order valence-corrected chi connectivity index (χ1v) is 6.83. The van der Waals surface area contributed by atoms with Gasteiger partial charge in [-0.15, -0.1) is 0 Å². The zero-order valence-electron chi connectivity index (χ0n) is 11.4. The summed E-state index contributed by atoms with van der Waals surface area (Å²) in [7, 11) is 0. The van der Waals surface area contributed by atoms with Gasteiger partial charge >= 0.3 is 0 Å². The molecule has 5 nitrogen and oxygen atoms in total. The van der Waals surface area contributed by atoms with Crippen LogP contribution in [0, 0.1) is 0 Å². The molecule has 0 saturated heterocycles. The Bertz CT molecular complexity index is 635. The van der Waals surface area contributed by atoms with E-state index in [1.54, 1.807) is 30.8 Å². The smallest absolute Gasteiger partial charge is 0.133 e. The summed E-state index contributed by atoms with van der Waals surface area (Å²) in [5.74, 6) is 1.36. The molecular formula is C16H17N3O2. The maximum atomic E-state index is 10.1. The maximum absolute atomic E-state index is 10.1. The van der Waals surface area contributed by atoms with E-state index in [4.69, 9.17) is 4.42 Å². The van der Waals surface area contributed by atoms with E-state index in [1.807, 2.05) is 30.3 Å². The lowest BCUT2D eigenvalue weighted by molar-refractivity contribution is 0.144. The summed E-state index contributed by atoms with van der Waals surface area (Å²) in [6.07, 6.45) is 4.37. The van der Waals surface area contributed by atoms with E-state index < -0.39 is 6.10 Å². The number of H-pyrrole nitrogens is 1. The van der Waals surface area contributed by atoms with Crippen LogP contribution >= 0.6 is 0 Å². The molecule has 0 unspecified atom stereocenters. The zero-order chi connectivity index (χ0) is 14.5. The van der Waals surface area contributed by atoms with Gasteiger partial charge in [0, 0.05) is 18.9 Å². The zero-order valence-corrected chi connectivity index (χ0v) is 11.4. The topological polar surface area (TPSA) is 74.1 Å². The molecule has 2 heterocycles. The highest BCUT2D eigenvalue weighted by Crippen LogP contribution is 2.20. The Kier molecular flexibility index (Phi) is 4.14. The van der Waals surface area contributed by atoms with Crippen molar-refractivity contribution in [3.63, 3.8) is 0 Å². The molecule has 5 heteroatoms. The Morgan fingerprint density at radius 2 is 2.05 bits per heavy atom. The number of hydrogen-bond acceptors (Lipinski definition) is 4. The summed E-state index contributed by atoms with van der Waals surface area (Å²) in [5, 5.41) is 13.4. The number of imidazole rings is 1. The SMILES string of the molecule is O[C@@H](CN[C@H](c1ccccc1)c1ncc[nH]1)c1ccco1. The van der Waals surface area contributed by atoms with Crippen LogP contribution in [-0.4, -0.2) is 21.6 Å². The molecule has 0 saturated carbocycles. The van der Waals surface area contributed by atoms with Crippen molar-refractivity contribution >= 4 is 0 Å². The van der Waals surface area contributed by atoms with E-state index in [2.05, 4.69) is 15.3 Å². The second-order valence-electron chi connectivity index (χ2n) is 4.76. The molecule has 1 aromatic carbocycles. The van der Waals surface area contributed by atoms with Gasteiger partial charge in [-0.2, -0.15) is 0 Å². The molecule has 0 bridgehead atoms. The molecule has 0 aliphatic carbocycles. The fraction of sp³-hybridized carbons (Fsp3) is 0.188. The molecule has 3 rings (SSSR count). The molecule has 3 N–H and O–H groups in total. The van der Waals surface area contributed by atoms with Gasteiger partial charge in [-0.3, -0.25) is 0 Å². The van der Waals surface area contributed by atoms with Crippen molar-refractivity contribution in [3.8, 4) is 0 Å². The summed E-state index contributed by atoms with van der Waals surface area (Å²) in [6, 6.07) is 13.4. The molecular weight excluding hydrogens is 266 g/mol. The molecule has 0 aliphatic heterocycles. The molecule has 108 valence electrons. The predicted molar refractivity (Wildman–Crippen MR) is 78.5 cm³/mol. The molecule has 0 spiro atoms. The highest BCUT2D eigenvalue weighted by molar-refractivity contribution is 5.24. The van der Waals surface area contributed by atoms with Crippen LogP contribution in [0.25, 0.3) is 0 Å². The normalized spacial score (nSPS) is 14.0. The van der Waals surface area contributed by atoms with Gasteiger partial charge in [0.25, 0.3) is 0 Å². The summed E-state index contributed by atoms with van der Waals surface area (Å²) >= 11 is 0. The Labute approximate surface area is 122 Å². The van der Waals surface area contributed by atoms with Gasteiger partial charge in [0.05, 0.1) is 12.3 Å². The van der Waals surface area contributed by atoms with Gasteiger partial charge in [-0.05, 0) is 17.7 Å². The van der Waals surface area contributed by atoms with Gasteiger partial charge in [0.2, 0.25) is 0 Å². The third-order valence-electron chi connectivity index (χ3n) is 3.31. The van der Waals surface area contributed by atoms with Crippen LogP contribution in [0.1, 0.15) is 29.3 Å². The van der Waals surface area contributed by atoms with Crippen LogP contribution < -0.4 is 5.32 Å². The van der Waals surface area contributed by atoms with Crippen molar-refractivity contribution in [2.45, 2.75) is 12.1 Å². The van der Waals surface area contributed by atoms with Crippen LogP contribution in [-0.2, 0) is 0 Å². The number of hydrogen-bond donors (Lipinski definition) is 3. The molecule has 0 fully saturated rings. The highest BCUT2D eigenvalue weighted by Gasteiger charge is 2.18. The number of aromatic nitrogens is 2. The van der Waals surface area contributed by atoms with E-state index in [0.717, 1.165) is 11.4 Å². The van der Waals surface area contributed by atoms with Crippen LogP contribution in [0.3, 0.4) is 0 Å². The van der Waals surface area contributed by atoms with Crippen molar-refractivity contribution in [1.29, 1.82) is 0 Å². The number of furan rings is 1. The average Bonchev–Trinajstić information content (AvgIpc) is 3.22. The third-order valence-corrected chi connectivity index (χ3v) is 3.31. The minimum Gasteiger partial charge on any atom is -0.467 e. The standard InChI is InChI=1S/C16H17N3O2/c20-13(14-7-4-10-21-14)11-19-15(16-17-8-9-18-16)12-5-2-1-3-6-12/h1-10,13,15,19-20H,11H2,(H,17,18)/t13-,15+/m0/s1. The Balaban J connectivity index is 1.74. The van der Waals surface area contributed by atoms with Gasteiger partial charge in [-0.25, -0.2) is 4.98 Å². The molecule has 21 heavy (non-hydrogen) atoms. The molecule has 2 aromatic heterocycles. The van der Waals surface area contributed by atoms with Crippen molar-refractivity contribution in [2.75, 3.05) is 6.54 Å². The fourth-order valence-electron chi connectivity index (χ4n) is 2.26. The lowest BCUT2D eigenvalue weighted by atomic mass is 10.1. The minimum absolute atomic E-state index is 0.106.